The van der Waals surface area contributed by atoms with Gasteiger partial charge in [-0.05, 0) is 67.5 Å². The Morgan fingerprint density at radius 1 is 1.03 bits per heavy atom. The molecule has 0 unspecified atom stereocenters. The van der Waals surface area contributed by atoms with Crippen molar-refractivity contribution in [1.29, 1.82) is 0 Å². The Balaban J connectivity index is 1.61. The summed E-state index contributed by atoms with van der Waals surface area (Å²) in [7, 11) is 3.88. The number of nitrogens with zero attached hydrogens (tertiary/aromatic N) is 1. The van der Waals surface area contributed by atoms with Crippen molar-refractivity contribution in [2.24, 2.45) is 0 Å². The average molecular weight is 424 g/mol. The number of benzene rings is 2. The maximum atomic E-state index is 12.6. The van der Waals surface area contributed by atoms with Gasteiger partial charge in [0.25, 0.3) is 5.91 Å². The first-order valence-electron chi connectivity index (χ1n) is 9.47. The van der Waals surface area contributed by atoms with Gasteiger partial charge in [-0.15, -0.1) is 11.3 Å². The summed E-state index contributed by atoms with van der Waals surface area (Å²) in [6.45, 7) is 1.30. The zero-order chi connectivity index (χ0) is 21.5. The molecule has 0 aliphatic carbocycles. The number of urea groups is 1. The fraction of sp³-hybridized carbons (Fsp3) is 0.182. The number of carbonyl (C=O) groups is 2. The Kier molecular flexibility index (Phi) is 7.05. The molecule has 1 heterocycles. The molecule has 0 fully saturated rings. The molecule has 0 aliphatic heterocycles. The van der Waals surface area contributed by atoms with Gasteiger partial charge in [0.1, 0.15) is 0 Å². The third-order valence-electron chi connectivity index (χ3n) is 4.36. The van der Waals surface area contributed by atoms with Crippen molar-refractivity contribution >= 4 is 40.3 Å². The van der Waals surface area contributed by atoms with Gasteiger partial charge in [0.05, 0.1) is 11.4 Å². The highest BCUT2D eigenvalue weighted by Gasteiger charge is 2.11. The van der Waals surface area contributed by atoms with Gasteiger partial charge in [-0.1, -0.05) is 12.1 Å². The highest BCUT2D eigenvalue weighted by atomic mass is 32.1. The zero-order valence-electron chi connectivity index (χ0n) is 16.9. The SMILES string of the molecule is CN(C)CCNC(=O)Nc1ccc(C(=O)Nc2cc(-c3cccs3)ccc2N)cc1. The molecule has 5 N–H and O–H groups in total. The van der Waals surface area contributed by atoms with E-state index in [1.807, 2.05) is 48.6 Å². The number of amides is 3. The van der Waals surface area contributed by atoms with Crippen molar-refractivity contribution in [2.75, 3.05) is 43.6 Å². The van der Waals surface area contributed by atoms with Crippen molar-refractivity contribution in [1.82, 2.24) is 10.2 Å². The summed E-state index contributed by atoms with van der Waals surface area (Å²) in [5.41, 5.74) is 9.16. The lowest BCUT2D eigenvalue weighted by Gasteiger charge is -2.12. The number of nitrogen functional groups attached to an aromatic ring is 1. The van der Waals surface area contributed by atoms with Crippen LogP contribution < -0.4 is 21.7 Å². The van der Waals surface area contributed by atoms with Gasteiger partial charge in [0.2, 0.25) is 0 Å². The number of likely N-dealkylation sites (N-methyl/N-ethyl adjacent to an activating group) is 1. The molecule has 30 heavy (non-hydrogen) atoms. The van der Waals surface area contributed by atoms with Crippen LogP contribution in [0.4, 0.5) is 21.9 Å². The maximum Gasteiger partial charge on any atom is 0.319 e. The van der Waals surface area contributed by atoms with Crippen LogP contribution >= 0.6 is 11.3 Å². The highest BCUT2D eigenvalue weighted by Crippen LogP contribution is 2.30. The second-order valence-electron chi connectivity index (χ2n) is 6.99. The van der Waals surface area contributed by atoms with Crippen molar-refractivity contribution in [3.8, 4) is 10.4 Å². The molecule has 2 aromatic carbocycles. The summed E-state index contributed by atoms with van der Waals surface area (Å²) in [5, 5.41) is 10.4. The van der Waals surface area contributed by atoms with Gasteiger partial charge in [-0.2, -0.15) is 0 Å². The normalized spacial score (nSPS) is 10.6. The predicted octanol–water partition coefficient (Wildman–Crippen LogP) is 3.93. The molecular formula is C22H25N5O2S. The molecule has 0 bridgehead atoms. The molecule has 0 atom stereocenters. The molecule has 1 aromatic heterocycles. The smallest absolute Gasteiger partial charge is 0.319 e. The predicted molar refractivity (Wildman–Crippen MR) is 124 cm³/mol. The van der Waals surface area contributed by atoms with Crippen LogP contribution in [0.1, 0.15) is 10.4 Å². The fourth-order valence-electron chi connectivity index (χ4n) is 2.73. The monoisotopic (exact) mass is 423 g/mol. The molecule has 3 aromatic rings. The van der Waals surface area contributed by atoms with Crippen molar-refractivity contribution in [2.45, 2.75) is 0 Å². The van der Waals surface area contributed by atoms with E-state index in [2.05, 4.69) is 16.0 Å². The topological polar surface area (TPSA) is 99.5 Å². The van der Waals surface area contributed by atoms with Gasteiger partial charge in [0.15, 0.2) is 0 Å². The molecule has 3 amide bonds. The molecule has 0 radical (unpaired) electrons. The van der Waals surface area contributed by atoms with Crippen LogP contribution in [0.2, 0.25) is 0 Å². The molecule has 0 saturated heterocycles. The first-order valence-corrected chi connectivity index (χ1v) is 10.3. The van der Waals surface area contributed by atoms with Crippen LogP contribution in [-0.2, 0) is 0 Å². The van der Waals surface area contributed by atoms with Gasteiger partial charge < -0.3 is 26.6 Å². The van der Waals surface area contributed by atoms with Crippen LogP contribution in [0.5, 0.6) is 0 Å². The number of nitrogens with two attached hydrogens (primary N) is 1. The molecular weight excluding hydrogens is 398 g/mol. The fourth-order valence-corrected chi connectivity index (χ4v) is 3.45. The molecule has 3 rings (SSSR count). The minimum atomic E-state index is -0.285. The van der Waals surface area contributed by atoms with Crippen LogP contribution in [-0.4, -0.2) is 44.0 Å². The summed E-state index contributed by atoms with van der Waals surface area (Å²) in [4.78, 5) is 27.6. The Morgan fingerprint density at radius 2 is 1.80 bits per heavy atom. The molecule has 156 valence electrons. The summed E-state index contributed by atoms with van der Waals surface area (Å²) in [6, 6.07) is 16.0. The van der Waals surface area contributed by atoms with E-state index < -0.39 is 0 Å². The van der Waals surface area contributed by atoms with Crippen LogP contribution in [0.15, 0.2) is 60.0 Å². The standard InChI is InChI=1S/C22H25N5O2S/c1-27(2)12-11-24-22(29)25-17-8-5-15(6-9-17)21(28)26-19-14-16(7-10-18(19)23)20-4-3-13-30-20/h3-10,13-14H,11-12,23H2,1-2H3,(H,26,28)(H2,24,25,29). The summed E-state index contributed by atoms with van der Waals surface area (Å²) >= 11 is 1.62. The third-order valence-corrected chi connectivity index (χ3v) is 5.28. The van der Waals surface area contributed by atoms with Gasteiger partial charge >= 0.3 is 6.03 Å². The lowest BCUT2D eigenvalue weighted by atomic mass is 10.1. The van der Waals surface area contributed by atoms with E-state index in [0.29, 0.717) is 29.2 Å². The summed E-state index contributed by atoms with van der Waals surface area (Å²) in [5.74, 6) is -0.271. The summed E-state index contributed by atoms with van der Waals surface area (Å²) < 4.78 is 0. The minimum Gasteiger partial charge on any atom is -0.397 e. The van der Waals surface area contributed by atoms with E-state index in [0.717, 1.165) is 17.0 Å². The Labute approximate surface area is 179 Å². The molecule has 8 heteroatoms. The summed E-state index contributed by atoms with van der Waals surface area (Å²) in [6.07, 6.45) is 0. The second kappa shape index (κ2) is 9.91. The zero-order valence-corrected chi connectivity index (χ0v) is 17.8. The first-order chi connectivity index (χ1) is 14.4. The molecule has 0 aliphatic rings. The number of carbonyl (C=O) groups excluding carboxylic acids is 2. The minimum absolute atomic E-state index is 0.271. The number of anilines is 3. The van der Waals surface area contributed by atoms with Gasteiger partial charge in [-0.3, -0.25) is 4.79 Å². The number of rotatable bonds is 7. The second-order valence-corrected chi connectivity index (χ2v) is 7.94. The van der Waals surface area contributed by atoms with E-state index in [4.69, 9.17) is 5.73 Å². The quantitative estimate of drug-likeness (QED) is 0.433. The Hall–Kier alpha value is -3.36. The van der Waals surface area contributed by atoms with Crippen molar-refractivity contribution in [3.05, 3.63) is 65.5 Å². The first kappa shape index (κ1) is 21.4. The largest absolute Gasteiger partial charge is 0.397 e. The van der Waals surface area contributed by atoms with E-state index in [-0.39, 0.29) is 11.9 Å². The number of nitrogens with one attached hydrogen (secondary N) is 3. The molecule has 0 saturated carbocycles. The van der Waals surface area contributed by atoms with E-state index >= 15 is 0 Å². The van der Waals surface area contributed by atoms with Crippen LogP contribution in [0.25, 0.3) is 10.4 Å². The highest BCUT2D eigenvalue weighted by molar-refractivity contribution is 7.13. The third kappa shape index (κ3) is 5.82. The Morgan fingerprint density at radius 3 is 2.47 bits per heavy atom. The lowest BCUT2D eigenvalue weighted by Crippen LogP contribution is -2.34. The van der Waals surface area contributed by atoms with Gasteiger partial charge in [-0.25, -0.2) is 4.79 Å². The molecule has 0 spiro atoms. The van der Waals surface area contributed by atoms with Crippen LogP contribution in [0, 0.1) is 0 Å². The lowest BCUT2D eigenvalue weighted by molar-refractivity contribution is 0.102. The number of thiophene rings is 1. The number of hydrogen-bond donors (Lipinski definition) is 4. The van der Waals surface area contributed by atoms with E-state index in [1.165, 1.54) is 0 Å². The molecule has 7 nitrogen and oxygen atoms in total. The average Bonchev–Trinajstić information content (AvgIpc) is 3.24. The maximum absolute atomic E-state index is 12.6. The number of hydrogen-bond acceptors (Lipinski definition) is 5. The Bertz CT molecular complexity index is 1000. The van der Waals surface area contributed by atoms with E-state index in [1.54, 1.807) is 41.7 Å². The van der Waals surface area contributed by atoms with Gasteiger partial charge in [0, 0.05) is 29.2 Å². The van der Waals surface area contributed by atoms with Crippen LogP contribution in [0.3, 0.4) is 0 Å². The van der Waals surface area contributed by atoms with Crippen molar-refractivity contribution in [3.63, 3.8) is 0 Å². The van der Waals surface area contributed by atoms with Crippen molar-refractivity contribution < 1.29 is 9.59 Å². The van der Waals surface area contributed by atoms with E-state index in [9.17, 15) is 9.59 Å².